The minimum Gasteiger partial charge on any atom is -0.382 e. The summed E-state index contributed by atoms with van der Waals surface area (Å²) in [5.74, 6) is -1.15. The van der Waals surface area contributed by atoms with E-state index in [2.05, 4.69) is 33.4 Å². The van der Waals surface area contributed by atoms with Crippen LogP contribution in [0.5, 0.6) is 0 Å². The maximum absolute atomic E-state index is 13.6. The molecule has 4 heteroatoms. The van der Waals surface area contributed by atoms with Crippen LogP contribution < -0.4 is 5.32 Å². The molecule has 0 amide bonds. The quantitative estimate of drug-likeness (QED) is 0.716. The molecule has 0 saturated heterocycles. The highest BCUT2D eigenvalue weighted by Gasteiger charge is 2.08. The third kappa shape index (κ3) is 4.30. The van der Waals surface area contributed by atoms with Crippen LogP contribution in [0, 0.1) is 11.6 Å². The fourth-order valence-electron chi connectivity index (χ4n) is 2.02. The summed E-state index contributed by atoms with van der Waals surface area (Å²) in [5.41, 5.74) is 1.63. The molecule has 0 radical (unpaired) electrons. The van der Waals surface area contributed by atoms with Crippen molar-refractivity contribution in [1.82, 2.24) is 0 Å². The largest absolute Gasteiger partial charge is 0.382 e. The van der Waals surface area contributed by atoms with Crippen LogP contribution in [0.2, 0.25) is 0 Å². The van der Waals surface area contributed by atoms with E-state index in [4.69, 9.17) is 0 Å². The third-order valence-electron chi connectivity index (χ3n) is 3.04. The van der Waals surface area contributed by atoms with Crippen LogP contribution in [0.4, 0.5) is 14.5 Å². The number of hydrogen-bond donors (Lipinski definition) is 1. The monoisotopic (exact) mass is 339 g/mol. The summed E-state index contributed by atoms with van der Waals surface area (Å²) in [6, 6.07) is 12.4. The molecule has 20 heavy (non-hydrogen) atoms. The Morgan fingerprint density at radius 1 is 1.00 bits per heavy atom. The van der Waals surface area contributed by atoms with Crippen LogP contribution in [0.15, 0.2) is 46.9 Å². The van der Waals surface area contributed by atoms with Gasteiger partial charge in [0, 0.05) is 17.1 Å². The molecule has 0 atom stereocenters. The lowest BCUT2D eigenvalue weighted by Gasteiger charge is -2.10. The van der Waals surface area contributed by atoms with E-state index >= 15 is 0 Å². The first-order chi connectivity index (χ1) is 9.66. The van der Waals surface area contributed by atoms with Gasteiger partial charge in [0.25, 0.3) is 0 Å². The fourth-order valence-corrected chi connectivity index (χ4v) is 2.57. The minimum atomic E-state index is -0.580. The topological polar surface area (TPSA) is 12.0 Å². The van der Waals surface area contributed by atoms with Gasteiger partial charge in [-0.2, -0.15) is 0 Å². The first-order valence-electron chi connectivity index (χ1n) is 6.59. The van der Waals surface area contributed by atoms with Crippen LogP contribution in [-0.2, 0) is 6.42 Å². The summed E-state index contributed by atoms with van der Waals surface area (Å²) in [4.78, 5) is 0. The van der Waals surface area contributed by atoms with Crippen molar-refractivity contribution in [1.29, 1.82) is 0 Å². The van der Waals surface area contributed by atoms with E-state index in [1.807, 2.05) is 18.2 Å². The molecule has 1 nitrogen and oxygen atoms in total. The van der Waals surface area contributed by atoms with Crippen LogP contribution in [0.3, 0.4) is 0 Å². The smallest absolute Gasteiger partial charge is 0.150 e. The van der Waals surface area contributed by atoms with Gasteiger partial charge in [0.05, 0.1) is 5.69 Å². The van der Waals surface area contributed by atoms with E-state index in [0.29, 0.717) is 16.7 Å². The van der Waals surface area contributed by atoms with Gasteiger partial charge in [-0.25, -0.2) is 8.78 Å². The Balaban J connectivity index is 1.76. The van der Waals surface area contributed by atoms with E-state index in [-0.39, 0.29) is 0 Å². The van der Waals surface area contributed by atoms with Gasteiger partial charge in [-0.05, 0) is 46.8 Å². The Bertz CT molecular complexity index is 535. The van der Waals surface area contributed by atoms with Crippen molar-refractivity contribution < 1.29 is 8.78 Å². The van der Waals surface area contributed by atoms with Gasteiger partial charge < -0.3 is 5.32 Å². The van der Waals surface area contributed by atoms with Crippen LogP contribution >= 0.6 is 15.9 Å². The number of rotatable bonds is 6. The molecule has 0 fully saturated rings. The zero-order valence-corrected chi connectivity index (χ0v) is 12.6. The Hall–Kier alpha value is -1.42. The summed E-state index contributed by atoms with van der Waals surface area (Å²) >= 11 is 3.16. The van der Waals surface area contributed by atoms with Gasteiger partial charge in [0.1, 0.15) is 11.6 Å². The molecule has 2 aromatic carbocycles. The first kappa shape index (κ1) is 15.0. The van der Waals surface area contributed by atoms with Crippen molar-refractivity contribution >= 4 is 21.6 Å². The van der Waals surface area contributed by atoms with Crippen molar-refractivity contribution in [3.63, 3.8) is 0 Å². The second-order valence-corrected chi connectivity index (χ2v) is 5.47. The summed E-state index contributed by atoms with van der Waals surface area (Å²) < 4.78 is 26.9. The highest BCUT2D eigenvalue weighted by atomic mass is 79.9. The average molecular weight is 340 g/mol. The van der Waals surface area contributed by atoms with Gasteiger partial charge in [-0.3, -0.25) is 0 Å². The summed E-state index contributed by atoms with van der Waals surface area (Å²) in [7, 11) is 0. The Morgan fingerprint density at radius 2 is 1.75 bits per heavy atom. The molecule has 0 saturated carbocycles. The van der Waals surface area contributed by atoms with E-state index in [1.165, 1.54) is 11.6 Å². The molecule has 0 aliphatic heterocycles. The number of anilines is 1. The number of unbranched alkanes of at least 4 members (excludes halogenated alkanes) is 1. The van der Waals surface area contributed by atoms with Gasteiger partial charge in [-0.1, -0.05) is 30.3 Å². The number of hydrogen-bond acceptors (Lipinski definition) is 1. The number of benzene rings is 2. The third-order valence-corrected chi connectivity index (χ3v) is 3.67. The lowest BCUT2D eigenvalue weighted by atomic mass is 10.1. The SMILES string of the molecule is Fc1cc(F)c(NCCCCc2ccccc2)c(Br)c1. The van der Waals surface area contributed by atoms with E-state index in [9.17, 15) is 8.78 Å². The molecule has 0 aliphatic rings. The lowest BCUT2D eigenvalue weighted by molar-refractivity contribution is 0.583. The highest BCUT2D eigenvalue weighted by molar-refractivity contribution is 9.10. The zero-order valence-electron chi connectivity index (χ0n) is 11.0. The molecule has 2 aromatic rings. The molecular formula is C16H16BrF2N. The number of nitrogens with one attached hydrogen (secondary N) is 1. The van der Waals surface area contributed by atoms with Crippen LogP contribution in [0.25, 0.3) is 0 Å². The predicted molar refractivity (Wildman–Crippen MR) is 81.9 cm³/mol. The molecule has 0 spiro atoms. The number of halogens is 3. The Labute approximate surface area is 126 Å². The van der Waals surface area contributed by atoms with Crippen molar-refractivity contribution in [2.45, 2.75) is 19.3 Å². The normalized spacial score (nSPS) is 10.6. The van der Waals surface area contributed by atoms with E-state index < -0.39 is 11.6 Å². The Kier molecular flexibility index (Phi) is 5.53. The average Bonchev–Trinajstić information content (AvgIpc) is 2.42. The van der Waals surface area contributed by atoms with Crippen molar-refractivity contribution in [2.75, 3.05) is 11.9 Å². The summed E-state index contributed by atoms with van der Waals surface area (Å²) in [5, 5.41) is 3.01. The molecular weight excluding hydrogens is 324 g/mol. The van der Waals surface area contributed by atoms with Crippen LogP contribution in [-0.4, -0.2) is 6.54 Å². The van der Waals surface area contributed by atoms with Crippen molar-refractivity contribution in [2.24, 2.45) is 0 Å². The summed E-state index contributed by atoms with van der Waals surface area (Å²) in [6.45, 7) is 0.661. The Morgan fingerprint density at radius 3 is 2.45 bits per heavy atom. The fraction of sp³-hybridized carbons (Fsp3) is 0.250. The van der Waals surface area contributed by atoms with Gasteiger partial charge in [0.2, 0.25) is 0 Å². The second-order valence-electron chi connectivity index (χ2n) is 4.61. The standard InChI is InChI=1S/C16H16BrF2N/c17-14-10-13(18)11-15(19)16(14)20-9-5-4-8-12-6-2-1-3-7-12/h1-3,6-7,10-11,20H,4-5,8-9H2. The first-order valence-corrected chi connectivity index (χ1v) is 7.38. The molecule has 0 aromatic heterocycles. The van der Waals surface area contributed by atoms with Crippen molar-refractivity contribution in [3.05, 3.63) is 64.1 Å². The van der Waals surface area contributed by atoms with Gasteiger partial charge in [-0.15, -0.1) is 0 Å². The van der Waals surface area contributed by atoms with E-state index in [0.717, 1.165) is 25.3 Å². The summed E-state index contributed by atoms with van der Waals surface area (Å²) in [6.07, 6.45) is 2.96. The molecule has 0 unspecified atom stereocenters. The number of aryl methyl sites for hydroxylation is 1. The molecule has 0 heterocycles. The molecule has 0 bridgehead atoms. The van der Waals surface area contributed by atoms with Gasteiger partial charge >= 0.3 is 0 Å². The van der Waals surface area contributed by atoms with Crippen molar-refractivity contribution in [3.8, 4) is 0 Å². The highest BCUT2D eigenvalue weighted by Crippen LogP contribution is 2.26. The second kappa shape index (κ2) is 7.39. The predicted octanol–water partition coefficient (Wildman–Crippen LogP) is 5.16. The molecule has 106 valence electrons. The minimum absolute atomic E-state index is 0.325. The lowest BCUT2D eigenvalue weighted by Crippen LogP contribution is -2.05. The molecule has 2 rings (SSSR count). The zero-order chi connectivity index (χ0) is 14.4. The van der Waals surface area contributed by atoms with Gasteiger partial charge in [0.15, 0.2) is 0 Å². The maximum atomic E-state index is 13.6. The molecule has 0 aliphatic carbocycles. The molecule has 1 N–H and O–H groups in total. The van der Waals surface area contributed by atoms with E-state index in [1.54, 1.807) is 0 Å². The maximum Gasteiger partial charge on any atom is 0.150 e. The van der Waals surface area contributed by atoms with Crippen LogP contribution in [0.1, 0.15) is 18.4 Å².